The molecule has 0 bridgehead atoms. The lowest BCUT2D eigenvalue weighted by Crippen LogP contribution is -2.45. The van der Waals surface area contributed by atoms with E-state index in [0.717, 1.165) is 28.4 Å². The fourth-order valence-electron chi connectivity index (χ4n) is 4.48. The maximum absolute atomic E-state index is 12.7. The van der Waals surface area contributed by atoms with Crippen LogP contribution in [0.2, 0.25) is 0 Å². The Balaban J connectivity index is 1.85. The van der Waals surface area contributed by atoms with Crippen LogP contribution < -0.4 is 4.74 Å². The number of hydrogen-bond acceptors (Lipinski definition) is 4. The van der Waals surface area contributed by atoms with Gasteiger partial charge in [-0.1, -0.05) is 52.7 Å². The van der Waals surface area contributed by atoms with Crippen molar-refractivity contribution in [1.29, 1.82) is 0 Å². The monoisotopic (exact) mass is 429 g/mol. The van der Waals surface area contributed by atoms with Crippen molar-refractivity contribution in [3.8, 4) is 5.75 Å². The molecule has 2 aromatic carbocycles. The minimum atomic E-state index is -0.999. The number of carbonyl (C=O) groups is 1. The van der Waals surface area contributed by atoms with E-state index >= 15 is 0 Å². The molecule has 5 nitrogen and oxygen atoms in total. The Bertz CT molecular complexity index is 884. The number of carbonyl (C=O) groups excluding carboxylic acids is 1. The zero-order chi connectivity index (χ0) is 19.0. The third-order valence-electron chi connectivity index (χ3n) is 5.67. The van der Waals surface area contributed by atoms with Crippen LogP contribution in [0.25, 0.3) is 0 Å². The van der Waals surface area contributed by atoms with Gasteiger partial charge in [0.25, 0.3) is 6.04 Å². The molecule has 6 heteroatoms. The third kappa shape index (κ3) is 3.38. The van der Waals surface area contributed by atoms with Gasteiger partial charge in [-0.15, -0.1) is 0 Å². The maximum Gasteiger partial charge on any atom is 0.261 e. The van der Waals surface area contributed by atoms with Gasteiger partial charge in [0, 0.05) is 32.9 Å². The first-order valence-electron chi connectivity index (χ1n) is 9.23. The van der Waals surface area contributed by atoms with Gasteiger partial charge in [0.1, 0.15) is 11.5 Å². The van der Waals surface area contributed by atoms with Gasteiger partial charge in [0.15, 0.2) is 6.10 Å². The molecule has 140 valence electrons. The molecule has 2 aromatic rings. The average Bonchev–Trinajstić information content (AvgIpc) is 2.67. The standard InChI is InChI=1S/C21H20BrNO4/c22-14-7-5-6-13(12-14)21-20(23(25)26)19(15-8-1-3-10-17(15)24)16-9-2-4-11-18(16)27-21/h2,4-7,9,11-12,15,19-21H,1,3,8,10H2/t15-,19-,20+,21+/m0/s1. The fraction of sp³-hybridized carbons (Fsp3) is 0.381. The van der Waals surface area contributed by atoms with E-state index in [-0.39, 0.29) is 16.6 Å². The van der Waals surface area contributed by atoms with Crippen molar-refractivity contribution in [2.75, 3.05) is 0 Å². The number of benzene rings is 2. The van der Waals surface area contributed by atoms with Crippen LogP contribution in [-0.2, 0) is 4.79 Å². The zero-order valence-corrected chi connectivity index (χ0v) is 16.3. The Morgan fingerprint density at radius 1 is 1.11 bits per heavy atom. The normalized spacial score (nSPS) is 27.5. The number of halogens is 1. The molecule has 1 saturated carbocycles. The van der Waals surface area contributed by atoms with Crippen LogP contribution in [-0.4, -0.2) is 16.7 Å². The second kappa shape index (κ2) is 7.43. The molecule has 4 rings (SSSR count). The first kappa shape index (κ1) is 18.2. The summed E-state index contributed by atoms with van der Waals surface area (Å²) in [5.74, 6) is -0.0117. The SMILES string of the molecule is O=C1CCCC[C@@H]1[C@H]1c2ccccc2O[C@H](c2cccc(Br)c2)[C@@H]1[N+](=O)[O-]. The van der Waals surface area contributed by atoms with Gasteiger partial charge in [-0.25, -0.2) is 0 Å². The predicted molar refractivity (Wildman–Crippen MR) is 104 cm³/mol. The van der Waals surface area contributed by atoms with Gasteiger partial charge in [0.2, 0.25) is 0 Å². The topological polar surface area (TPSA) is 69.4 Å². The Morgan fingerprint density at radius 2 is 1.93 bits per heavy atom. The van der Waals surface area contributed by atoms with E-state index in [0.29, 0.717) is 18.6 Å². The lowest BCUT2D eigenvalue weighted by Gasteiger charge is -2.39. The van der Waals surface area contributed by atoms with Crippen LogP contribution in [0.5, 0.6) is 5.75 Å². The van der Waals surface area contributed by atoms with Gasteiger partial charge < -0.3 is 4.74 Å². The van der Waals surface area contributed by atoms with Gasteiger partial charge in [-0.3, -0.25) is 14.9 Å². The molecule has 2 aliphatic rings. The van der Waals surface area contributed by atoms with E-state index in [1.165, 1.54) is 0 Å². The third-order valence-corrected chi connectivity index (χ3v) is 6.16. The number of nitrogens with zero attached hydrogens (tertiary/aromatic N) is 1. The van der Waals surface area contributed by atoms with Gasteiger partial charge in [0.05, 0.1) is 5.92 Å². The summed E-state index contributed by atoms with van der Waals surface area (Å²) in [6, 6.07) is 13.9. The van der Waals surface area contributed by atoms with Crippen LogP contribution in [0.3, 0.4) is 0 Å². The summed E-state index contributed by atoms with van der Waals surface area (Å²) < 4.78 is 6.97. The summed E-state index contributed by atoms with van der Waals surface area (Å²) in [5, 5.41) is 12.2. The van der Waals surface area contributed by atoms with E-state index in [1.807, 2.05) is 48.5 Å². The summed E-state index contributed by atoms with van der Waals surface area (Å²) >= 11 is 3.44. The summed E-state index contributed by atoms with van der Waals surface area (Å²) in [5.41, 5.74) is 1.53. The van der Waals surface area contributed by atoms with Gasteiger partial charge in [-0.2, -0.15) is 0 Å². The number of para-hydroxylation sites is 1. The highest BCUT2D eigenvalue weighted by molar-refractivity contribution is 9.10. The number of nitro groups is 1. The number of Topliss-reactive ketones (excluding diaryl/α,β-unsaturated/α-hetero) is 1. The summed E-state index contributed by atoms with van der Waals surface area (Å²) in [4.78, 5) is 24.6. The van der Waals surface area contributed by atoms with Crippen molar-refractivity contribution in [3.05, 3.63) is 74.2 Å². The molecule has 0 aromatic heterocycles. The van der Waals surface area contributed by atoms with Crippen molar-refractivity contribution in [1.82, 2.24) is 0 Å². The number of ether oxygens (including phenoxy) is 1. The largest absolute Gasteiger partial charge is 0.478 e. The molecule has 1 heterocycles. The molecular weight excluding hydrogens is 410 g/mol. The molecule has 0 saturated heterocycles. The van der Waals surface area contributed by atoms with E-state index < -0.39 is 18.1 Å². The molecule has 0 spiro atoms. The molecule has 1 aliphatic heterocycles. The van der Waals surface area contributed by atoms with Gasteiger partial charge in [-0.05, 0) is 31.0 Å². The van der Waals surface area contributed by atoms with E-state index in [4.69, 9.17) is 4.74 Å². The van der Waals surface area contributed by atoms with Crippen LogP contribution in [0, 0.1) is 16.0 Å². The van der Waals surface area contributed by atoms with Crippen molar-refractivity contribution >= 4 is 21.7 Å². The Labute approximate surface area is 166 Å². The lowest BCUT2D eigenvalue weighted by molar-refractivity contribution is -0.541. The molecule has 4 atom stereocenters. The summed E-state index contributed by atoms with van der Waals surface area (Å²) in [6.45, 7) is 0. The van der Waals surface area contributed by atoms with Crippen LogP contribution in [0.4, 0.5) is 0 Å². The van der Waals surface area contributed by atoms with Crippen LogP contribution >= 0.6 is 15.9 Å². The van der Waals surface area contributed by atoms with Crippen LogP contribution in [0.15, 0.2) is 53.0 Å². The predicted octanol–water partition coefficient (Wildman–Crippen LogP) is 5.07. The summed E-state index contributed by atoms with van der Waals surface area (Å²) in [6.07, 6.45) is 2.29. The number of ketones is 1. The Morgan fingerprint density at radius 3 is 2.67 bits per heavy atom. The highest BCUT2D eigenvalue weighted by Gasteiger charge is 2.52. The molecule has 0 amide bonds. The van der Waals surface area contributed by atoms with E-state index in [9.17, 15) is 14.9 Å². The first-order chi connectivity index (χ1) is 13.1. The zero-order valence-electron chi connectivity index (χ0n) is 14.7. The number of rotatable bonds is 3. The highest BCUT2D eigenvalue weighted by Crippen LogP contribution is 2.49. The molecule has 27 heavy (non-hydrogen) atoms. The Hall–Kier alpha value is -2.21. The minimum absolute atomic E-state index is 0.141. The van der Waals surface area contributed by atoms with Crippen molar-refractivity contribution in [2.45, 2.75) is 43.7 Å². The summed E-state index contributed by atoms with van der Waals surface area (Å²) in [7, 11) is 0. The smallest absolute Gasteiger partial charge is 0.261 e. The van der Waals surface area contributed by atoms with Crippen LogP contribution in [0.1, 0.15) is 48.8 Å². The molecule has 0 radical (unpaired) electrons. The van der Waals surface area contributed by atoms with Crippen molar-refractivity contribution in [3.63, 3.8) is 0 Å². The first-order valence-corrected chi connectivity index (χ1v) is 10.0. The van der Waals surface area contributed by atoms with E-state index in [1.54, 1.807) is 0 Å². The second-order valence-corrected chi connectivity index (χ2v) is 8.17. The Kier molecular flexibility index (Phi) is 5.00. The minimum Gasteiger partial charge on any atom is -0.478 e. The molecule has 1 aliphatic carbocycles. The molecular formula is C21H20BrNO4. The average molecular weight is 430 g/mol. The number of hydrogen-bond donors (Lipinski definition) is 0. The second-order valence-electron chi connectivity index (χ2n) is 7.25. The number of fused-ring (bicyclic) bond motifs is 1. The van der Waals surface area contributed by atoms with Crippen molar-refractivity contribution in [2.24, 2.45) is 5.92 Å². The molecule has 1 fully saturated rings. The quantitative estimate of drug-likeness (QED) is 0.504. The maximum atomic E-state index is 12.7. The highest BCUT2D eigenvalue weighted by atomic mass is 79.9. The lowest BCUT2D eigenvalue weighted by atomic mass is 9.69. The molecule has 0 N–H and O–H groups in total. The van der Waals surface area contributed by atoms with Gasteiger partial charge >= 0.3 is 0 Å². The molecule has 0 unspecified atom stereocenters. The fourth-order valence-corrected chi connectivity index (χ4v) is 4.89. The van der Waals surface area contributed by atoms with Crippen molar-refractivity contribution < 1.29 is 14.5 Å². The van der Waals surface area contributed by atoms with E-state index in [2.05, 4.69) is 15.9 Å².